The van der Waals surface area contributed by atoms with E-state index < -0.39 is 0 Å². The average Bonchev–Trinajstić information content (AvgIpc) is 3.06. The minimum atomic E-state index is 0.321. The molecule has 1 aromatic carbocycles. The van der Waals surface area contributed by atoms with E-state index in [0.29, 0.717) is 28.7 Å². The van der Waals surface area contributed by atoms with Crippen LogP contribution < -0.4 is 0 Å². The Labute approximate surface area is 195 Å². The summed E-state index contributed by atoms with van der Waals surface area (Å²) >= 11 is 0. The molecule has 32 heavy (non-hydrogen) atoms. The van der Waals surface area contributed by atoms with Gasteiger partial charge in [-0.1, -0.05) is 69.7 Å². The first kappa shape index (κ1) is 22.2. The fraction of sp³-hybridized carbons (Fsp3) is 0.700. The molecule has 1 aliphatic heterocycles. The fourth-order valence-corrected chi connectivity index (χ4v) is 9.48. The second-order valence-corrected chi connectivity index (χ2v) is 12.2. The minimum Gasteiger partial charge on any atom is -0.342 e. The number of carbonyl (C=O) groups excluding carboxylic acids is 1. The van der Waals surface area contributed by atoms with Gasteiger partial charge in [0.05, 0.1) is 0 Å². The Morgan fingerprint density at radius 1 is 1.06 bits per heavy atom. The molecule has 0 radical (unpaired) electrons. The molecule has 5 rings (SSSR count). The van der Waals surface area contributed by atoms with Gasteiger partial charge >= 0.3 is 0 Å². The van der Waals surface area contributed by atoms with Crippen LogP contribution in [0.2, 0.25) is 0 Å². The monoisotopic (exact) mass is 433 g/mol. The first-order valence-electron chi connectivity index (χ1n) is 13.3. The van der Waals surface area contributed by atoms with Gasteiger partial charge in [0.15, 0.2) is 0 Å². The molecule has 4 aliphatic rings. The molecule has 2 unspecified atom stereocenters. The number of rotatable bonds is 3. The van der Waals surface area contributed by atoms with E-state index >= 15 is 0 Å². The molecule has 4 fully saturated rings. The minimum absolute atomic E-state index is 0.321. The topological polar surface area (TPSA) is 20.3 Å². The number of piperidine rings is 1. The summed E-state index contributed by atoms with van der Waals surface area (Å²) in [4.78, 5) is 14.6. The molecular formula is C30H43NO. The molecule has 2 heteroatoms. The molecule has 3 aliphatic carbocycles. The number of benzene rings is 1. The zero-order valence-electron chi connectivity index (χ0n) is 20.9. The molecule has 8 atom stereocenters. The molecule has 1 aromatic rings. The molecule has 0 N–H and O–H groups in total. The smallest absolute Gasteiger partial charge is 0.222 e. The van der Waals surface area contributed by atoms with Crippen molar-refractivity contribution in [1.82, 2.24) is 4.90 Å². The largest absolute Gasteiger partial charge is 0.342 e. The van der Waals surface area contributed by atoms with Crippen molar-refractivity contribution in [2.45, 2.75) is 85.1 Å². The number of likely N-dealkylation sites (tertiary alicyclic amines) is 1. The highest BCUT2D eigenvalue weighted by atomic mass is 16.2. The highest BCUT2D eigenvalue weighted by molar-refractivity contribution is 5.77. The van der Waals surface area contributed by atoms with Gasteiger partial charge in [-0.15, -0.1) is 0 Å². The van der Waals surface area contributed by atoms with Crippen LogP contribution in [0.5, 0.6) is 0 Å². The maximum atomic E-state index is 12.4. The van der Waals surface area contributed by atoms with Crippen LogP contribution in [0, 0.1) is 40.4 Å². The number of hydrogen-bond donors (Lipinski definition) is 0. The number of amides is 1. The third-order valence-corrected chi connectivity index (χ3v) is 10.9. The SMILES string of the molecule is CCC(=Cc1ccccc1)[C@H]1C(C)C[C@H]2[C@@H]3CCC4N(C)C(=O)CC[C@]4(C)[C@H]3CC[C@]12C. The van der Waals surface area contributed by atoms with Crippen molar-refractivity contribution in [1.29, 1.82) is 0 Å². The van der Waals surface area contributed by atoms with E-state index in [0.717, 1.165) is 42.9 Å². The average molecular weight is 434 g/mol. The fourth-order valence-electron chi connectivity index (χ4n) is 9.48. The summed E-state index contributed by atoms with van der Waals surface area (Å²) < 4.78 is 0. The highest BCUT2D eigenvalue weighted by Crippen LogP contribution is 2.68. The lowest BCUT2D eigenvalue weighted by atomic mass is 9.46. The molecule has 1 saturated heterocycles. The van der Waals surface area contributed by atoms with E-state index in [2.05, 4.69) is 76.1 Å². The second-order valence-electron chi connectivity index (χ2n) is 12.2. The van der Waals surface area contributed by atoms with E-state index in [1.54, 1.807) is 5.57 Å². The summed E-state index contributed by atoms with van der Waals surface area (Å²) in [5, 5.41) is 0. The zero-order chi connectivity index (χ0) is 22.7. The lowest BCUT2D eigenvalue weighted by Gasteiger charge is -2.62. The van der Waals surface area contributed by atoms with Crippen molar-refractivity contribution in [2.24, 2.45) is 40.4 Å². The quantitative estimate of drug-likeness (QED) is 0.493. The lowest BCUT2D eigenvalue weighted by Crippen LogP contribution is -2.61. The molecule has 2 nitrogen and oxygen atoms in total. The van der Waals surface area contributed by atoms with E-state index in [9.17, 15) is 4.79 Å². The van der Waals surface area contributed by atoms with E-state index in [1.165, 1.54) is 37.7 Å². The van der Waals surface area contributed by atoms with Crippen LogP contribution in [0.25, 0.3) is 6.08 Å². The predicted molar refractivity (Wildman–Crippen MR) is 133 cm³/mol. The van der Waals surface area contributed by atoms with Crippen LogP contribution in [0.4, 0.5) is 0 Å². The Balaban J connectivity index is 1.46. The van der Waals surface area contributed by atoms with Crippen molar-refractivity contribution in [3.05, 3.63) is 41.5 Å². The van der Waals surface area contributed by atoms with Crippen LogP contribution in [0.1, 0.15) is 84.6 Å². The summed E-state index contributed by atoms with van der Waals surface area (Å²) in [6.07, 6.45) is 12.2. The van der Waals surface area contributed by atoms with Crippen molar-refractivity contribution < 1.29 is 4.79 Å². The maximum absolute atomic E-state index is 12.4. The first-order valence-corrected chi connectivity index (χ1v) is 13.3. The van der Waals surface area contributed by atoms with Crippen LogP contribution in [-0.4, -0.2) is 23.9 Å². The van der Waals surface area contributed by atoms with Crippen LogP contribution in [0.15, 0.2) is 35.9 Å². The third-order valence-electron chi connectivity index (χ3n) is 10.9. The number of allylic oxidation sites excluding steroid dienone is 1. The van der Waals surface area contributed by atoms with E-state index in [-0.39, 0.29) is 0 Å². The van der Waals surface area contributed by atoms with Gasteiger partial charge in [-0.05, 0) is 90.9 Å². The van der Waals surface area contributed by atoms with Gasteiger partial charge < -0.3 is 4.90 Å². The number of nitrogens with zero attached hydrogens (tertiary/aromatic N) is 1. The Hall–Kier alpha value is -1.57. The van der Waals surface area contributed by atoms with Gasteiger partial charge in [0.25, 0.3) is 0 Å². The lowest BCUT2D eigenvalue weighted by molar-refractivity contribution is -0.157. The molecule has 174 valence electrons. The molecule has 1 heterocycles. The summed E-state index contributed by atoms with van der Waals surface area (Å²) in [6, 6.07) is 11.4. The number of hydrogen-bond acceptors (Lipinski definition) is 1. The number of carbonyl (C=O) groups is 1. The summed E-state index contributed by atoms with van der Waals surface area (Å²) in [5.74, 6) is 4.33. The predicted octanol–water partition coefficient (Wildman–Crippen LogP) is 7.21. The second kappa shape index (κ2) is 8.03. The van der Waals surface area contributed by atoms with Gasteiger partial charge in [-0.3, -0.25) is 4.79 Å². The van der Waals surface area contributed by atoms with Crippen molar-refractivity contribution in [3.63, 3.8) is 0 Å². The van der Waals surface area contributed by atoms with Gasteiger partial charge in [-0.25, -0.2) is 0 Å². The normalized spacial score (nSPS) is 44.1. The van der Waals surface area contributed by atoms with Crippen LogP contribution >= 0.6 is 0 Å². The molecular weight excluding hydrogens is 390 g/mol. The molecule has 0 spiro atoms. The summed E-state index contributed by atoms with van der Waals surface area (Å²) in [5.41, 5.74) is 3.79. The number of fused-ring (bicyclic) bond motifs is 5. The third kappa shape index (κ3) is 3.23. The van der Waals surface area contributed by atoms with Gasteiger partial charge in [0, 0.05) is 19.5 Å². The maximum Gasteiger partial charge on any atom is 0.222 e. The summed E-state index contributed by atoms with van der Waals surface area (Å²) in [6.45, 7) is 10.1. The Kier molecular flexibility index (Phi) is 5.58. The Bertz CT molecular complexity index is 889. The first-order chi connectivity index (χ1) is 15.3. The molecule has 0 bridgehead atoms. The molecule has 3 saturated carbocycles. The Morgan fingerprint density at radius 3 is 2.53 bits per heavy atom. The van der Waals surface area contributed by atoms with Gasteiger partial charge in [0.2, 0.25) is 5.91 Å². The van der Waals surface area contributed by atoms with E-state index in [1.807, 2.05) is 0 Å². The van der Waals surface area contributed by atoms with Crippen molar-refractivity contribution >= 4 is 12.0 Å². The Morgan fingerprint density at radius 2 is 1.81 bits per heavy atom. The van der Waals surface area contributed by atoms with Crippen LogP contribution in [0.3, 0.4) is 0 Å². The summed E-state index contributed by atoms with van der Waals surface area (Å²) in [7, 11) is 2.08. The van der Waals surface area contributed by atoms with E-state index in [4.69, 9.17) is 0 Å². The van der Waals surface area contributed by atoms with Crippen LogP contribution in [-0.2, 0) is 4.79 Å². The molecule has 0 aromatic heterocycles. The van der Waals surface area contributed by atoms with Crippen molar-refractivity contribution in [3.8, 4) is 0 Å². The van der Waals surface area contributed by atoms with Gasteiger partial charge in [-0.2, -0.15) is 0 Å². The van der Waals surface area contributed by atoms with Crippen molar-refractivity contribution in [2.75, 3.05) is 7.05 Å². The van der Waals surface area contributed by atoms with Gasteiger partial charge in [0.1, 0.15) is 0 Å². The molecule has 1 amide bonds. The standard InChI is InChI=1S/C30H43NO/c1-6-22(19-21-10-8-7-9-11-21)28-20(2)18-25-23-12-13-26-29(3,17-15-27(32)31(26)5)24(23)14-16-30(25,28)4/h7-11,19-20,23-26,28H,6,12-18H2,1-5H3/t20?,23-,24+,25+,26?,28-,29-,30+/m1/s1. The highest BCUT2D eigenvalue weighted by Gasteiger charge is 2.62. The zero-order valence-corrected chi connectivity index (χ0v) is 20.9.